The maximum atomic E-state index is 4.57. The lowest BCUT2D eigenvalue weighted by Gasteiger charge is -2.34. The summed E-state index contributed by atoms with van der Waals surface area (Å²) in [4.78, 5) is 19.7. The molecule has 0 bridgehead atoms. The molecule has 2 aromatic rings. The molecule has 1 aliphatic heterocycles. The molecule has 1 aliphatic rings. The molecule has 3 rings (SSSR count). The first-order chi connectivity index (χ1) is 11.1. The normalized spacial score (nSPS) is 17.3. The fourth-order valence-electron chi connectivity index (χ4n) is 3.09. The van der Waals surface area contributed by atoms with E-state index in [2.05, 4.69) is 37.1 Å². The highest BCUT2D eigenvalue weighted by Gasteiger charge is 2.22. The number of rotatable bonds is 4. The number of aromatic nitrogens is 4. The van der Waals surface area contributed by atoms with Crippen LogP contribution in [0.2, 0.25) is 0 Å². The minimum atomic E-state index is 0.243. The first-order valence-electron chi connectivity index (χ1n) is 8.21. The molecule has 6 heteroatoms. The zero-order valence-electron chi connectivity index (χ0n) is 14.0. The van der Waals surface area contributed by atoms with Gasteiger partial charge >= 0.3 is 0 Å². The number of hydrogen-bond donors (Lipinski definition) is 1. The predicted octanol–water partition coefficient (Wildman–Crippen LogP) is 2.20. The molecule has 1 fully saturated rings. The van der Waals surface area contributed by atoms with Crippen LogP contribution >= 0.6 is 0 Å². The molecule has 2 aromatic heterocycles. The Morgan fingerprint density at radius 1 is 1.17 bits per heavy atom. The summed E-state index contributed by atoms with van der Waals surface area (Å²) in [5.74, 6) is 0.866. The molecule has 1 saturated heterocycles. The zero-order valence-corrected chi connectivity index (χ0v) is 14.0. The molecule has 23 heavy (non-hydrogen) atoms. The Morgan fingerprint density at radius 3 is 2.48 bits per heavy atom. The Bertz CT molecular complexity index is 617. The van der Waals surface area contributed by atoms with Gasteiger partial charge in [0.05, 0.1) is 5.69 Å². The standard InChI is InChI=1S/C17H24N6/c1-12-10-13(2)21-17(20-12)23-8-5-15(6-9-23)22-14(3)16-4-7-18-11-19-16/h4,7,10-11,14-15,22H,5-6,8-9H2,1-3H3/t14-/m0/s1. The number of anilines is 1. The fourth-order valence-corrected chi connectivity index (χ4v) is 3.09. The van der Waals surface area contributed by atoms with Crippen LogP contribution in [0, 0.1) is 13.8 Å². The minimum Gasteiger partial charge on any atom is -0.341 e. The van der Waals surface area contributed by atoms with Gasteiger partial charge in [-0.15, -0.1) is 0 Å². The van der Waals surface area contributed by atoms with E-state index >= 15 is 0 Å². The minimum absolute atomic E-state index is 0.243. The molecule has 0 aromatic carbocycles. The lowest BCUT2D eigenvalue weighted by Crippen LogP contribution is -2.44. The van der Waals surface area contributed by atoms with E-state index in [9.17, 15) is 0 Å². The number of aryl methyl sites for hydroxylation is 2. The second kappa shape index (κ2) is 7.00. The van der Waals surface area contributed by atoms with Crippen LogP contribution in [0.3, 0.4) is 0 Å². The Labute approximate surface area is 137 Å². The molecule has 6 nitrogen and oxygen atoms in total. The van der Waals surface area contributed by atoms with Crippen molar-refractivity contribution in [3.63, 3.8) is 0 Å². The topological polar surface area (TPSA) is 66.8 Å². The maximum absolute atomic E-state index is 4.57. The van der Waals surface area contributed by atoms with Crippen molar-refractivity contribution < 1.29 is 0 Å². The summed E-state index contributed by atoms with van der Waals surface area (Å²) in [5, 5.41) is 3.67. The summed E-state index contributed by atoms with van der Waals surface area (Å²) in [7, 11) is 0. The quantitative estimate of drug-likeness (QED) is 0.933. The van der Waals surface area contributed by atoms with Crippen molar-refractivity contribution in [2.75, 3.05) is 18.0 Å². The lowest BCUT2D eigenvalue weighted by molar-refractivity contribution is 0.375. The Morgan fingerprint density at radius 2 is 1.87 bits per heavy atom. The number of nitrogens with zero attached hydrogens (tertiary/aromatic N) is 5. The summed E-state index contributed by atoms with van der Waals surface area (Å²) in [5.41, 5.74) is 3.11. The SMILES string of the molecule is Cc1cc(C)nc(N2CCC(N[C@@H](C)c3ccncn3)CC2)n1. The van der Waals surface area contributed by atoms with E-state index in [4.69, 9.17) is 0 Å². The summed E-state index contributed by atoms with van der Waals surface area (Å²) in [6.07, 6.45) is 5.58. The average molecular weight is 312 g/mol. The van der Waals surface area contributed by atoms with Crippen molar-refractivity contribution in [3.05, 3.63) is 41.7 Å². The highest BCUT2D eigenvalue weighted by Crippen LogP contribution is 2.19. The molecule has 0 spiro atoms. The molecule has 0 saturated carbocycles. The molecule has 0 radical (unpaired) electrons. The van der Waals surface area contributed by atoms with E-state index in [0.717, 1.165) is 49.0 Å². The van der Waals surface area contributed by atoms with Crippen molar-refractivity contribution in [3.8, 4) is 0 Å². The molecule has 122 valence electrons. The van der Waals surface area contributed by atoms with Gasteiger partial charge in [-0.3, -0.25) is 0 Å². The van der Waals surface area contributed by atoms with Crippen LogP contribution in [0.15, 0.2) is 24.7 Å². The van der Waals surface area contributed by atoms with E-state index in [1.54, 1.807) is 12.5 Å². The zero-order chi connectivity index (χ0) is 16.2. The lowest BCUT2D eigenvalue weighted by atomic mass is 10.0. The van der Waals surface area contributed by atoms with E-state index in [-0.39, 0.29) is 6.04 Å². The van der Waals surface area contributed by atoms with Crippen LogP contribution < -0.4 is 10.2 Å². The highest BCUT2D eigenvalue weighted by atomic mass is 15.3. The average Bonchev–Trinajstić information content (AvgIpc) is 2.55. The van der Waals surface area contributed by atoms with Gasteiger partial charge in [0.25, 0.3) is 0 Å². The van der Waals surface area contributed by atoms with Crippen LogP contribution in [0.25, 0.3) is 0 Å². The largest absolute Gasteiger partial charge is 0.341 e. The van der Waals surface area contributed by atoms with E-state index in [1.165, 1.54) is 0 Å². The van der Waals surface area contributed by atoms with Crippen molar-refractivity contribution in [2.45, 2.75) is 45.7 Å². The first-order valence-corrected chi connectivity index (χ1v) is 8.21. The fraction of sp³-hybridized carbons (Fsp3) is 0.529. The van der Waals surface area contributed by atoms with Crippen molar-refractivity contribution in [2.24, 2.45) is 0 Å². The second-order valence-electron chi connectivity index (χ2n) is 6.23. The van der Waals surface area contributed by atoms with Crippen LogP contribution in [-0.2, 0) is 0 Å². The molecule has 0 unspecified atom stereocenters. The third-order valence-corrected chi connectivity index (χ3v) is 4.28. The van der Waals surface area contributed by atoms with Crippen molar-refractivity contribution in [1.29, 1.82) is 0 Å². The van der Waals surface area contributed by atoms with Gasteiger partial charge in [0.15, 0.2) is 0 Å². The van der Waals surface area contributed by atoms with Crippen LogP contribution in [0.4, 0.5) is 5.95 Å². The first kappa shape index (κ1) is 15.8. The van der Waals surface area contributed by atoms with Crippen molar-refractivity contribution >= 4 is 5.95 Å². The molecule has 0 aliphatic carbocycles. The second-order valence-corrected chi connectivity index (χ2v) is 6.23. The molecule has 1 atom stereocenters. The Balaban J connectivity index is 1.56. The molecule has 0 amide bonds. The summed E-state index contributed by atoms with van der Waals surface area (Å²) in [6.45, 7) is 8.17. The Kier molecular flexibility index (Phi) is 4.81. The van der Waals surface area contributed by atoms with Gasteiger partial charge in [0, 0.05) is 42.8 Å². The summed E-state index contributed by atoms with van der Waals surface area (Å²) >= 11 is 0. The summed E-state index contributed by atoms with van der Waals surface area (Å²) in [6, 6.07) is 4.73. The van der Waals surface area contributed by atoms with E-state index < -0.39 is 0 Å². The molecule has 3 heterocycles. The third kappa shape index (κ3) is 4.01. The Hall–Kier alpha value is -2.08. The van der Waals surface area contributed by atoms with Gasteiger partial charge in [0.1, 0.15) is 6.33 Å². The van der Waals surface area contributed by atoms with Gasteiger partial charge < -0.3 is 10.2 Å². The van der Waals surface area contributed by atoms with Gasteiger partial charge in [-0.1, -0.05) is 0 Å². The third-order valence-electron chi connectivity index (χ3n) is 4.28. The predicted molar refractivity (Wildman–Crippen MR) is 90.3 cm³/mol. The monoisotopic (exact) mass is 312 g/mol. The van der Waals surface area contributed by atoms with E-state index in [1.807, 2.05) is 26.0 Å². The molecular formula is C17H24N6. The molecule has 1 N–H and O–H groups in total. The van der Waals surface area contributed by atoms with Gasteiger partial charge in [-0.2, -0.15) is 0 Å². The molecular weight excluding hydrogens is 288 g/mol. The maximum Gasteiger partial charge on any atom is 0.225 e. The van der Waals surface area contributed by atoms with Gasteiger partial charge in [-0.05, 0) is 45.7 Å². The van der Waals surface area contributed by atoms with Crippen LogP contribution in [0.1, 0.15) is 42.9 Å². The summed E-state index contributed by atoms with van der Waals surface area (Å²) < 4.78 is 0. The van der Waals surface area contributed by atoms with E-state index in [0.29, 0.717) is 6.04 Å². The van der Waals surface area contributed by atoms with Crippen LogP contribution in [0.5, 0.6) is 0 Å². The van der Waals surface area contributed by atoms with Gasteiger partial charge in [-0.25, -0.2) is 19.9 Å². The van der Waals surface area contributed by atoms with Gasteiger partial charge in [0.2, 0.25) is 5.95 Å². The highest BCUT2D eigenvalue weighted by molar-refractivity contribution is 5.32. The van der Waals surface area contributed by atoms with Crippen molar-refractivity contribution in [1.82, 2.24) is 25.3 Å². The number of piperidine rings is 1. The number of hydrogen-bond acceptors (Lipinski definition) is 6. The number of nitrogens with one attached hydrogen (secondary N) is 1. The smallest absolute Gasteiger partial charge is 0.225 e. The van der Waals surface area contributed by atoms with Crippen LogP contribution in [-0.4, -0.2) is 39.1 Å².